The van der Waals surface area contributed by atoms with Crippen molar-refractivity contribution in [3.63, 3.8) is 0 Å². The van der Waals surface area contributed by atoms with Gasteiger partial charge in [0.1, 0.15) is 0 Å². The molecule has 1 amide bonds. The van der Waals surface area contributed by atoms with Crippen LogP contribution < -0.4 is 11.1 Å². The fourth-order valence-electron chi connectivity index (χ4n) is 2.38. The number of aromatic amines is 1. The molecule has 0 aromatic carbocycles. The van der Waals surface area contributed by atoms with E-state index in [0.717, 1.165) is 31.6 Å². The third kappa shape index (κ3) is 2.66. The van der Waals surface area contributed by atoms with E-state index in [1.54, 1.807) is 6.20 Å². The van der Waals surface area contributed by atoms with Crippen molar-refractivity contribution in [1.82, 2.24) is 15.5 Å². The second-order valence-electron chi connectivity index (χ2n) is 5.11. The van der Waals surface area contributed by atoms with Crippen LogP contribution >= 0.6 is 0 Å². The summed E-state index contributed by atoms with van der Waals surface area (Å²) in [5, 5.41) is 9.50. The number of H-pyrrole nitrogens is 1. The number of nitrogens with zero attached hydrogens (tertiary/aromatic N) is 1. The van der Waals surface area contributed by atoms with E-state index in [4.69, 9.17) is 5.73 Å². The van der Waals surface area contributed by atoms with E-state index in [1.165, 1.54) is 6.20 Å². The number of nitrogens with two attached hydrogens (primary N) is 1. The maximum Gasteiger partial charge on any atom is 0.254 e. The Bertz CT molecular complexity index is 366. The molecule has 1 heterocycles. The minimum atomic E-state index is -0.221. The van der Waals surface area contributed by atoms with Crippen LogP contribution in [0.1, 0.15) is 43.0 Å². The first kappa shape index (κ1) is 12.1. The molecule has 1 fully saturated rings. The van der Waals surface area contributed by atoms with Crippen LogP contribution in [0.4, 0.5) is 0 Å². The molecule has 0 saturated heterocycles. The van der Waals surface area contributed by atoms with Crippen LogP contribution in [0, 0.1) is 5.92 Å². The Morgan fingerprint density at radius 3 is 2.88 bits per heavy atom. The molecule has 4 N–H and O–H groups in total. The molecule has 1 aliphatic rings. The molecule has 1 saturated carbocycles. The number of amides is 1. The number of nitrogens with one attached hydrogen (secondary N) is 2. The third-order valence-corrected chi connectivity index (χ3v) is 3.76. The summed E-state index contributed by atoms with van der Waals surface area (Å²) in [5.74, 6) is 0.652. The molecule has 0 aliphatic heterocycles. The van der Waals surface area contributed by atoms with Gasteiger partial charge in [-0.05, 0) is 31.6 Å². The maximum absolute atomic E-state index is 12.0. The fourth-order valence-corrected chi connectivity index (χ4v) is 2.38. The average Bonchev–Trinajstić information content (AvgIpc) is 2.86. The Hall–Kier alpha value is -1.36. The van der Waals surface area contributed by atoms with Gasteiger partial charge < -0.3 is 11.1 Å². The zero-order valence-electron chi connectivity index (χ0n) is 10.2. The molecule has 0 radical (unpaired) electrons. The van der Waals surface area contributed by atoms with Crippen LogP contribution in [0.5, 0.6) is 0 Å². The second-order valence-corrected chi connectivity index (χ2v) is 5.11. The first-order chi connectivity index (χ1) is 8.15. The molecule has 1 aromatic rings. The molecule has 0 bridgehead atoms. The Morgan fingerprint density at radius 1 is 1.65 bits per heavy atom. The van der Waals surface area contributed by atoms with E-state index in [1.807, 2.05) is 0 Å². The summed E-state index contributed by atoms with van der Waals surface area (Å²) >= 11 is 0. The van der Waals surface area contributed by atoms with Gasteiger partial charge in [0.2, 0.25) is 0 Å². The van der Waals surface area contributed by atoms with Crippen LogP contribution in [0.3, 0.4) is 0 Å². The molecule has 1 aliphatic carbocycles. The summed E-state index contributed by atoms with van der Waals surface area (Å²) in [4.78, 5) is 12.0. The van der Waals surface area contributed by atoms with Gasteiger partial charge in [0.15, 0.2) is 0 Å². The van der Waals surface area contributed by atoms with Gasteiger partial charge in [0, 0.05) is 12.7 Å². The standard InChI is InChI=1S/C12H20N4O/c1-9-2-4-12(8-13,5-3-9)16-11(17)10-6-14-15-7-10/h6-7,9H,2-5,8,13H2,1H3,(H,14,15)(H,16,17). The second kappa shape index (κ2) is 4.87. The first-order valence-electron chi connectivity index (χ1n) is 6.16. The van der Waals surface area contributed by atoms with Gasteiger partial charge in [-0.15, -0.1) is 0 Å². The molecule has 0 atom stereocenters. The lowest BCUT2D eigenvalue weighted by Gasteiger charge is -2.39. The van der Waals surface area contributed by atoms with Crippen molar-refractivity contribution < 1.29 is 4.79 Å². The van der Waals surface area contributed by atoms with Crippen molar-refractivity contribution in [2.45, 2.75) is 38.1 Å². The molecule has 17 heavy (non-hydrogen) atoms. The summed E-state index contributed by atoms with van der Waals surface area (Å²) < 4.78 is 0. The number of carbonyl (C=O) groups is 1. The zero-order chi connectivity index (χ0) is 12.3. The van der Waals surface area contributed by atoms with E-state index in [0.29, 0.717) is 12.1 Å². The van der Waals surface area contributed by atoms with Gasteiger partial charge in [0.05, 0.1) is 17.3 Å². The largest absolute Gasteiger partial charge is 0.345 e. The van der Waals surface area contributed by atoms with Crippen molar-refractivity contribution in [3.8, 4) is 0 Å². The molecule has 5 heteroatoms. The monoisotopic (exact) mass is 236 g/mol. The summed E-state index contributed by atoms with van der Waals surface area (Å²) in [5.41, 5.74) is 6.19. The molecule has 0 spiro atoms. The van der Waals surface area contributed by atoms with E-state index < -0.39 is 0 Å². The van der Waals surface area contributed by atoms with Gasteiger partial charge >= 0.3 is 0 Å². The lowest BCUT2D eigenvalue weighted by molar-refractivity contribution is 0.0860. The van der Waals surface area contributed by atoms with Gasteiger partial charge in [-0.2, -0.15) is 5.10 Å². The Morgan fingerprint density at radius 2 is 2.35 bits per heavy atom. The van der Waals surface area contributed by atoms with Crippen LogP contribution in [0.25, 0.3) is 0 Å². The van der Waals surface area contributed by atoms with Crippen LogP contribution in [-0.2, 0) is 0 Å². The number of hydrogen-bond acceptors (Lipinski definition) is 3. The van der Waals surface area contributed by atoms with E-state index in [-0.39, 0.29) is 11.4 Å². The van der Waals surface area contributed by atoms with Gasteiger partial charge in [-0.1, -0.05) is 6.92 Å². The van der Waals surface area contributed by atoms with Gasteiger partial charge in [0.25, 0.3) is 5.91 Å². The highest BCUT2D eigenvalue weighted by molar-refractivity contribution is 5.94. The Labute approximate surface area is 101 Å². The quantitative estimate of drug-likeness (QED) is 0.733. The van der Waals surface area contributed by atoms with Crippen LogP contribution in [0.2, 0.25) is 0 Å². The zero-order valence-corrected chi connectivity index (χ0v) is 10.2. The summed E-state index contributed by atoms with van der Waals surface area (Å²) in [6, 6.07) is 0. The van der Waals surface area contributed by atoms with Crippen LogP contribution in [-0.4, -0.2) is 28.2 Å². The molecular weight excluding hydrogens is 216 g/mol. The molecule has 2 rings (SSSR count). The normalized spacial score (nSPS) is 28.9. The summed E-state index contributed by atoms with van der Waals surface area (Å²) in [6.07, 6.45) is 7.32. The molecule has 5 nitrogen and oxygen atoms in total. The number of aromatic nitrogens is 2. The highest BCUT2D eigenvalue weighted by atomic mass is 16.1. The van der Waals surface area contributed by atoms with Crippen molar-refractivity contribution in [1.29, 1.82) is 0 Å². The van der Waals surface area contributed by atoms with Crippen molar-refractivity contribution in [2.24, 2.45) is 11.7 Å². The highest BCUT2D eigenvalue weighted by Crippen LogP contribution is 2.31. The van der Waals surface area contributed by atoms with Crippen LogP contribution in [0.15, 0.2) is 12.4 Å². The number of hydrogen-bond donors (Lipinski definition) is 3. The highest BCUT2D eigenvalue weighted by Gasteiger charge is 2.34. The number of carbonyl (C=O) groups excluding carboxylic acids is 1. The molecule has 0 unspecified atom stereocenters. The van der Waals surface area contributed by atoms with Crippen molar-refractivity contribution in [2.75, 3.05) is 6.54 Å². The molecule has 94 valence electrons. The Kier molecular flexibility index (Phi) is 3.47. The lowest BCUT2D eigenvalue weighted by atomic mass is 9.77. The number of rotatable bonds is 3. The predicted octanol–water partition coefficient (Wildman–Crippen LogP) is 1.05. The van der Waals surface area contributed by atoms with E-state index in [2.05, 4.69) is 22.4 Å². The Balaban J connectivity index is 2.02. The molecular formula is C12H20N4O. The first-order valence-corrected chi connectivity index (χ1v) is 6.16. The van der Waals surface area contributed by atoms with E-state index in [9.17, 15) is 4.79 Å². The smallest absolute Gasteiger partial charge is 0.254 e. The van der Waals surface area contributed by atoms with Crippen molar-refractivity contribution in [3.05, 3.63) is 18.0 Å². The van der Waals surface area contributed by atoms with Crippen molar-refractivity contribution >= 4 is 5.91 Å². The average molecular weight is 236 g/mol. The third-order valence-electron chi connectivity index (χ3n) is 3.76. The summed E-state index contributed by atoms with van der Waals surface area (Å²) in [7, 11) is 0. The SMILES string of the molecule is CC1CCC(CN)(NC(=O)c2cn[nH]c2)CC1. The predicted molar refractivity (Wildman–Crippen MR) is 65.5 cm³/mol. The van der Waals surface area contributed by atoms with E-state index >= 15 is 0 Å². The summed E-state index contributed by atoms with van der Waals surface area (Å²) in [6.45, 7) is 2.75. The topological polar surface area (TPSA) is 83.8 Å². The maximum atomic E-state index is 12.0. The minimum absolute atomic E-state index is 0.0845. The molecule has 1 aromatic heterocycles. The minimum Gasteiger partial charge on any atom is -0.345 e. The fraction of sp³-hybridized carbons (Fsp3) is 0.667. The lowest BCUT2D eigenvalue weighted by Crippen LogP contribution is -2.55. The van der Waals surface area contributed by atoms with Gasteiger partial charge in [-0.25, -0.2) is 0 Å². The van der Waals surface area contributed by atoms with Gasteiger partial charge in [-0.3, -0.25) is 9.89 Å².